The number of hydrogen-bond donors (Lipinski definition) is 1. The minimum Gasteiger partial charge on any atom is -0.319 e. The normalized spacial score (nSPS) is 14.6. The summed E-state index contributed by atoms with van der Waals surface area (Å²) in [6.45, 7) is 10.2. The van der Waals surface area contributed by atoms with Gasteiger partial charge in [0.25, 0.3) is 0 Å². The highest BCUT2D eigenvalue weighted by atomic mass is 14.8. The monoisotopic (exact) mass is 233 g/mol. The molecule has 0 spiro atoms. The van der Waals surface area contributed by atoms with E-state index in [4.69, 9.17) is 0 Å². The third-order valence-corrected chi connectivity index (χ3v) is 3.58. The Kier molecular flexibility index (Phi) is 5.20. The molecule has 0 heterocycles. The van der Waals surface area contributed by atoms with E-state index in [9.17, 15) is 0 Å². The highest BCUT2D eigenvalue weighted by molar-refractivity contribution is 5.31. The second kappa shape index (κ2) is 6.20. The molecule has 1 atom stereocenters. The van der Waals surface area contributed by atoms with Crippen LogP contribution in [0.15, 0.2) is 18.2 Å². The van der Waals surface area contributed by atoms with Gasteiger partial charge in [-0.1, -0.05) is 44.0 Å². The van der Waals surface area contributed by atoms with E-state index in [1.165, 1.54) is 36.0 Å². The minimum absolute atomic E-state index is 0.377. The lowest BCUT2D eigenvalue weighted by Gasteiger charge is -2.30. The van der Waals surface area contributed by atoms with Crippen molar-refractivity contribution in [2.45, 2.75) is 47.0 Å². The molecule has 1 heteroatoms. The van der Waals surface area contributed by atoms with E-state index in [1.807, 2.05) is 0 Å². The van der Waals surface area contributed by atoms with Gasteiger partial charge in [0.05, 0.1) is 0 Å². The Balaban J connectivity index is 2.88. The fraction of sp³-hybridized carbons (Fsp3) is 0.625. The van der Waals surface area contributed by atoms with E-state index in [0.29, 0.717) is 5.41 Å². The summed E-state index contributed by atoms with van der Waals surface area (Å²) in [4.78, 5) is 0. The van der Waals surface area contributed by atoms with Crippen molar-refractivity contribution in [3.63, 3.8) is 0 Å². The predicted octanol–water partition coefficient (Wildman–Crippen LogP) is 3.87. The molecule has 1 nitrogen and oxygen atoms in total. The van der Waals surface area contributed by atoms with Crippen LogP contribution in [0.1, 0.15) is 43.4 Å². The summed E-state index contributed by atoms with van der Waals surface area (Å²) >= 11 is 0. The zero-order valence-electron chi connectivity index (χ0n) is 12.1. The van der Waals surface area contributed by atoms with Crippen LogP contribution in [0.2, 0.25) is 0 Å². The van der Waals surface area contributed by atoms with E-state index >= 15 is 0 Å². The molecule has 0 radical (unpaired) electrons. The zero-order valence-corrected chi connectivity index (χ0v) is 12.1. The first-order valence-corrected chi connectivity index (χ1v) is 6.71. The average molecular weight is 233 g/mol. The smallest absolute Gasteiger partial charge is 0.000534 e. The largest absolute Gasteiger partial charge is 0.319 e. The van der Waals surface area contributed by atoms with Gasteiger partial charge in [0.1, 0.15) is 0 Å². The maximum absolute atomic E-state index is 3.35. The number of nitrogens with one attached hydrogen (secondary N) is 1. The number of hydrogen-bond acceptors (Lipinski definition) is 1. The molecule has 1 aromatic carbocycles. The highest BCUT2D eigenvalue weighted by Gasteiger charge is 2.23. The van der Waals surface area contributed by atoms with Crippen molar-refractivity contribution in [1.82, 2.24) is 5.32 Å². The predicted molar refractivity (Wildman–Crippen MR) is 76.6 cm³/mol. The van der Waals surface area contributed by atoms with E-state index < -0.39 is 0 Å². The standard InChI is InChI=1S/C16H27N/c1-6-9-16(4,12-17-5)11-15-10-13(2)7-8-14(15)3/h7-8,10,17H,6,9,11-12H2,1-5H3. The van der Waals surface area contributed by atoms with Crippen LogP contribution in [0.4, 0.5) is 0 Å². The van der Waals surface area contributed by atoms with E-state index in [-0.39, 0.29) is 0 Å². The maximum atomic E-state index is 3.35. The molecule has 1 aromatic rings. The summed E-state index contributed by atoms with van der Waals surface area (Å²) in [5.74, 6) is 0. The van der Waals surface area contributed by atoms with Crippen LogP contribution in [0.25, 0.3) is 0 Å². The topological polar surface area (TPSA) is 12.0 Å². The first-order chi connectivity index (χ1) is 8.00. The molecule has 0 fully saturated rings. The van der Waals surface area contributed by atoms with Gasteiger partial charge in [-0.05, 0) is 50.3 Å². The second-order valence-electron chi connectivity index (χ2n) is 5.70. The van der Waals surface area contributed by atoms with Gasteiger partial charge in [0, 0.05) is 6.54 Å². The van der Waals surface area contributed by atoms with E-state index in [1.54, 1.807) is 0 Å². The number of rotatable bonds is 6. The van der Waals surface area contributed by atoms with Crippen molar-refractivity contribution in [1.29, 1.82) is 0 Å². The highest BCUT2D eigenvalue weighted by Crippen LogP contribution is 2.29. The average Bonchev–Trinajstić information content (AvgIpc) is 2.24. The molecular weight excluding hydrogens is 206 g/mol. The van der Waals surface area contributed by atoms with Crippen LogP contribution < -0.4 is 5.32 Å². The summed E-state index contributed by atoms with van der Waals surface area (Å²) in [6.07, 6.45) is 3.71. The van der Waals surface area contributed by atoms with Crippen LogP contribution in [-0.4, -0.2) is 13.6 Å². The fourth-order valence-corrected chi connectivity index (χ4v) is 2.72. The summed E-state index contributed by atoms with van der Waals surface area (Å²) in [5, 5.41) is 3.35. The minimum atomic E-state index is 0.377. The van der Waals surface area contributed by atoms with Gasteiger partial charge in [0.15, 0.2) is 0 Å². The SMILES string of the molecule is CCCC(C)(CNC)Cc1cc(C)ccc1C. The van der Waals surface area contributed by atoms with Crippen molar-refractivity contribution in [2.75, 3.05) is 13.6 Å². The molecule has 0 aliphatic heterocycles. The second-order valence-corrected chi connectivity index (χ2v) is 5.70. The zero-order chi connectivity index (χ0) is 12.9. The Hall–Kier alpha value is -0.820. The third-order valence-electron chi connectivity index (χ3n) is 3.58. The molecular formula is C16H27N. The molecule has 1 unspecified atom stereocenters. The van der Waals surface area contributed by atoms with Crippen LogP contribution in [0.3, 0.4) is 0 Å². The first-order valence-electron chi connectivity index (χ1n) is 6.71. The lowest BCUT2D eigenvalue weighted by atomic mass is 9.78. The van der Waals surface area contributed by atoms with Crippen LogP contribution >= 0.6 is 0 Å². The first kappa shape index (κ1) is 14.2. The molecule has 0 amide bonds. The summed E-state index contributed by atoms with van der Waals surface area (Å²) in [6, 6.07) is 6.80. The molecule has 17 heavy (non-hydrogen) atoms. The molecule has 0 aromatic heterocycles. The van der Waals surface area contributed by atoms with Gasteiger partial charge in [-0.25, -0.2) is 0 Å². The van der Waals surface area contributed by atoms with Crippen LogP contribution in [-0.2, 0) is 6.42 Å². The van der Waals surface area contributed by atoms with Gasteiger partial charge in [-0.3, -0.25) is 0 Å². The van der Waals surface area contributed by atoms with Gasteiger partial charge in [0.2, 0.25) is 0 Å². The van der Waals surface area contributed by atoms with E-state index in [2.05, 4.69) is 58.3 Å². The van der Waals surface area contributed by atoms with Crippen molar-refractivity contribution < 1.29 is 0 Å². The molecule has 0 aliphatic rings. The number of aryl methyl sites for hydroxylation is 2. The maximum Gasteiger partial charge on any atom is 0.000534 e. The van der Waals surface area contributed by atoms with Crippen molar-refractivity contribution in [3.8, 4) is 0 Å². The van der Waals surface area contributed by atoms with E-state index in [0.717, 1.165) is 6.54 Å². The molecule has 1 N–H and O–H groups in total. The van der Waals surface area contributed by atoms with Gasteiger partial charge in [-0.2, -0.15) is 0 Å². The Morgan fingerprint density at radius 2 is 1.94 bits per heavy atom. The summed E-state index contributed by atoms with van der Waals surface area (Å²) in [7, 11) is 2.05. The lowest BCUT2D eigenvalue weighted by molar-refractivity contribution is 0.282. The van der Waals surface area contributed by atoms with Crippen molar-refractivity contribution >= 4 is 0 Å². The lowest BCUT2D eigenvalue weighted by Crippen LogP contribution is -2.32. The van der Waals surface area contributed by atoms with Gasteiger partial charge >= 0.3 is 0 Å². The van der Waals surface area contributed by atoms with Gasteiger partial charge in [-0.15, -0.1) is 0 Å². The molecule has 0 bridgehead atoms. The fourth-order valence-electron chi connectivity index (χ4n) is 2.72. The van der Waals surface area contributed by atoms with Gasteiger partial charge < -0.3 is 5.32 Å². The van der Waals surface area contributed by atoms with Crippen molar-refractivity contribution in [2.24, 2.45) is 5.41 Å². The Morgan fingerprint density at radius 3 is 2.53 bits per heavy atom. The third kappa shape index (κ3) is 4.16. The molecule has 1 rings (SSSR count). The van der Waals surface area contributed by atoms with Crippen molar-refractivity contribution in [3.05, 3.63) is 34.9 Å². The Labute approximate surface area is 107 Å². The quantitative estimate of drug-likeness (QED) is 0.786. The van der Waals surface area contributed by atoms with Crippen LogP contribution in [0, 0.1) is 19.3 Å². The summed E-state index contributed by atoms with van der Waals surface area (Å²) < 4.78 is 0. The molecule has 96 valence electrons. The van der Waals surface area contributed by atoms with Crippen LogP contribution in [0.5, 0.6) is 0 Å². The molecule has 0 saturated carbocycles. The Bertz CT molecular complexity index is 349. The molecule has 0 aliphatic carbocycles. The summed E-state index contributed by atoms with van der Waals surface area (Å²) in [5.41, 5.74) is 4.68. The Morgan fingerprint density at radius 1 is 1.24 bits per heavy atom. The number of benzene rings is 1. The molecule has 0 saturated heterocycles.